The van der Waals surface area contributed by atoms with Crippen molar-refractivity contribution in [2.45, 2.75) is 354 Å². The maximum Gasteiger partial charge on any atom is 0.306 e. The van der Waals surface area contributed by atoms with Crippen molar-refractivity contribution in [2.24, 2.45) is 0 Å². The first-order valence-corrected chi connectivity index (χ1v) is 34.6. The van der Waals surface area contributed by atoms with Gasteiger partial charge in [0, 0.05) is 19.3 Å². The summed E-state index contributed by atoms with van der Waals surface area (Å²) < 4.78 is 17.0. The molecule has 0 N–H and O–H groups in total. The molecule has 462 valence electrons. The van der Waals surface area contributed by atoms with Crippen molar-refractivity contribution in [1.82, 2.24) is 0 Å². The first-order chi connectivity index (χ1) is 39.5. The molecular formula is C74H130O6. The summed E-state index contributed by atoms with van der Waals surface area (Å²) in [6, 6.07) is 0. The number of ether oxygens (including phenoxy) is 3. The van der Waals surface area contributed by atoms with Gasteiger partial charge in [-0.1, -0.05) is 318 Å². The third-order valence-corrected chi connectivity index (χ3v) is 15.1. The van der Waals surface area contributed by atoms with Gasteiger partial charge in [0.2, 0.25) is 0 Å². The fraction of sp³-hybridized carbons (Fsp3) is 0.770. The Morgan fingerprint density at radius 2 is 0.487 bits per heavy atom. The van der Waals surface area contributed by atoms with Crippen LogP contribution in [0.3, 0.4) is 0 Å². The summed E-state index contributed by atoms with van der Waals surface area (Å²) in [5.74, 6) is -0.864. The third kappa shape index (κ3) is 65.4. The molecule has 6 heteroatoms. The molecule has 0 fully saturated rings. The summed E-state index contributed by atoms with van der Waals surface area (Å²) in [5, 5.41) is 0. The quantitative estimate of drug-likeness (QED) is 0.0261. The van der Waals surface area contributed by atoms with Crippen LogP contribution in [0.1, 0.15) is 348 Å². The highest BCUT2D eigenvalue weighted by molar-refractivity contribution is 5.71. The van der Waals surface area contributed by atoms with E-state index in [1.807, 2.05) is 0 Å². The summed E-state index contributed by atoms with van der Waals surface area (Å²) >= 11 is 0. The minimum Gasteiger partial charge on any atom is -0.462 e. The maximum atomic E-state index is 12.9. The summed E-state index contributed by atoms with van der Waals surface area (Å²) in [4.78, 5) is 38.4. The van der Waals surface area contributed by atoms with Crippen molar-refractivity contribution >= 4 is 17.9 Å². The largest absolute Gasteiger partial charge is 0.462 e. The molecule has 0 aliphatic rings. The van der Waals surface area contributed by atoms with Crippen LogP contribution in [0.5, 0.6) is 0 Å². The van der Waals surface area contributed by atoms with E-state index in [1.54, 1.807) is 0 Å². The summed E-state index contributed by atoms with van der Waals surface area (Å²) in [7, 11) is 0. The second kappa shape index (κ2) is 68.1. The Bertz CT molecular complexity index is 1520. The standard InChI is InChI=1S/C74H130O6/c1-4-7-10-13-16-19-22-25-28-30-32-34-35-36-37-38-39-41-42-44-46-49-52-55-58-61-64-67-73(76)79-70-71(69-78-72(75)66-63-60-57-54-51-48-27-24-21-18-15-12-9-6-3)80-74(77)68-65-62-59-56-53-50-47-45-43-40-33-31-29-26-23-20-17-14-11-8-5-2/h7,10,16,19,23,25-26,28,31-34,36-37,71H,4-6,8-9,11-15,17-18,20-22,24,27,29-30,35,38-70H2,1-3H3/b10-7-,19-16-,26-23-,28-25-,33-31-,34-32-,37-36-. The van der Waals surface area contributed by atoms with Crippen LogP contribution >= 0.6 is 0 Å². The molecule has 0 spiro atoms. The SMILES string of the molecule is CC/C=C\C/C=C\C/C=C\C/C=C\C/C=C\CCCCCCCCCCCCCC(=O)OCC(COC(=O)CCCCCCCCCCCCCCCC)OC(=O)CCCCCCCCCCC/C=C\C/C=C\CCCCCCC. The van der Waals surface area contributed by atoms with Crippen LogP contribution in [0.15, 0.2) is 85.1 Å². The lowest BCUT2D eigenvalue weighted by Crippen LogP contribution is -2.30. The van der Waals surface area contributed by atoms with Crippen molar-refractivity contribution in [3.05, 3.63) is 85.1 Å². The van der Waals surface area contributed by atoms with E-state index < -0.39 is 6.10 Å². The van der Waals surface area contributed by atoms with E-state index in [4.69, 9.17) is 14.2 Å². The molecule has 0 aliphatic carbocycles. The predicted octanol–water partition coefficient (Wildman–Crippen LogP) is 23.8. The fourth-order valence-electron chi connectivity index (χ4n) is 9.97. The highest BCUT2D eigenvalue weighted by Crippen LogP contribution is 2.17. The van der Waals surface area contributed by atoms with Crippen molar-refractivity contribution in [3.63, 3.8) is 0 Å². The number of hydrogen-bond donors (Lipinski definition) is 0. The van der Waals surface area contributed by atoms with E-state index in [9.17, 15) is 14.4 Å². The molecule has 0 bridgehead atoms. The molecule has 0 aromatic rings. The van der Waals surface area contributed by atoms with Crippen LogP contribution in [0.4, 0.5) is 0 Å². The van der Waals surface area contributed by atoms with Crippen LogP contribution in [0.25, 0.3) is 0 Å². The molecule has 0 amide bonds. The number of allylic oxidation sites excluding steroid dienone is 14. The summed E-state index contributed by atoms with van der Waals surface area (Å²) in [6.45, 7) is 6.56. The average molecular weight is 1120 g/mol. The zero-order valence-corrected chi connectivity index (χ0v) is 53.1. The van der Waals surface area contributed by atoms with Gasteiger partial charge in [-0.3, -0.25) is 14.4 Å². The zero-order valence-electron chi connectivity index (χ0n) is 53.1. The van der Waals surface area contributed by atoms with E-state index in [0.717, 1.165) is 96.3 Å². The van der Waals surface area contributed by atoms with E-state index in [2.05, 4.69) is 106 Å². The molecule has 1 atom stereocenters. The highest BCUT2D eigenvalue weighted by Gasteiger charge is 2.19. The number of hydrogen-bond acceptors (Lipinski definition) is 6. The first kappa shape index (κ1) is 76.6. The predicted molar refractivity (Wildman–Crippen MR) is 348 cm³/mol. The van der Waals surface area contributed by atoms with Gasteiger partial charge in [-0.05, 0) is 96.3 Å². The van der Waals surface area contributed by atoms with Crippen molar-refractivity contribution in [1.29, 1.82) is 0 Å². The van der Waals surface area contributed by atoms with E-state index >= 15 is 0 Å². The van der Waals surface area contributed by atoms with Gasteiger partial charge in [0.1, 0.15) is 13.2 Å². The van der Waals surface area contributed by atoms with Crippen LogP contribution in [-0.2, 0) is 28.6 Å². The molecule has 0 heterocycles. The minimum absolute atomic E-state index is 0.0749. The topological polar surface area (TPSA) is 78.9 Å². The van der Waals surface area contributed by atoms with E-state index in [0.29, 0.717) is 19.3 Å². The van der Waals surface area contributed by atoms with Gasteiger partial charge in [-0.2, -0.15) is 0 Å². The lowest BCUT2D eigenvalue weighted by Gasteiger charge is -2.18. The van der Waals surface area contributed by atoms with Gasteiger partial charge in [0.25, 0.3) is 0 Å². The fourth-order valence-corrected chi connectivity index (χ4v) is 9.97. The van der Waals surface area contributed by atoms with Crippen molar-refractivity contribution in [2.75, 3.05) is 13.2 Å². The molecule has 0 rings (SSSR count). The van der Waals surface area contributed by atoms with E-state index in [1.165, 1.54) is 212 Å². The Morgan fingerprint density at radius 1 is 0.263 bits per heavy atom. The first-order valence-electron chi connectivity index (χ1n) is 34.6. The monoisotopic (exact) mass is 1110 g/mol. The van der Waals surface area contributed by atoms with Crippen molar-refractivity contribution < 1.29 is 28.6 Å². The van der Waals surface area contributed by atoms with E-state index in [-0.39, 0.29) is 31.1 Å². The Balaban J connectivity index is 4.31. The second-order valence-corrected chi connectivity index (χ2v) is 23.1. The van der Waals surface area contributed by atoms with Crippen LogP contribution in [-0.4, -0.2) is 37.2 Å². The molecule has 80 heavy (non-hydrogen) atoms. The third-order valence-electron chi connectivity index (χ3n) is 15.1. The van der Waals surface area contributed by atoms with Gasteiger partial charge in [0.05, 0.1) is 0 Å². The molecule has 0 radical (unpaired) electrons. The van der Waals surface area contributed by atoms with Crippen LogP contribution in [0, 0.1) is 0 Å². The Morgan fingerprint density at radius 3 is 0.762 bits per heavy atom. The molecule has 0 aliphatic heterocycles. The lowest BCUT2D eigenvalue weighted by atomic mass is 10.0. The van der Waals surface area contributed by atoms with Crippen LogP contribution < -0.4 is 0 Å². The van der Waals surface area contributed by atoms with Crippen molar-refractivity contribution in [3.8, 4) is 0 Å². The summed E-state index contributed by atoms with van der Waals surface area (Å²) in [6.07, 6.45) is 90.2. The smallest absolute Gasteiger partial charge is 0.306 e. The number of rotatable bonds is 63. The molecule has 6 nitrogen and oxygen atoms in total. The Labute approximate surface area is 496 Å². The van der Waals surface area contributed by atoms with Gasteiger partial charge in [0.15, 0.2) is 6.10 Å². The Hall–Kier alpha value is -3.41. The second-order valence-electron chi connectivity index (χ2n) is 23.1. The van der Waals surface area contributed by atoms with Gasteiger partial charge >= 0.3 is 17.9 Å². The van der Waals surface area contributed by atoms with Gasteiger partial charge in [-0.25, -0.2) is 0 Å². The Kier molecular flexibility index (Phi) is 65.2. The average Bonchev–Trinajstić information content (AvgIpc) is 3.46. The number of unbranched alkanes of at least 4 members (excludes halogenated alkanes) is 38. The summed E-state index contributed by atoms with van der Waals surface area (Å²) in [5.41, 5.74) is 0. The van der Waals surface area contributed by atoms with Crippen LogP contribution in [0.2, 0.25) is 0 Å². The maximum absolute atomic E-state index is 12.9. The molecule has 0 aromatic heterocycles. The number of carbonyl (C=O) groups is 3. The van der Waals surface area contributed by atoms with Gasteiger partial charge < -0.3 is 14.2 Å². The lowest BCUT2D eigenvalue weighted by molar-refractivity contribution is -0.167. The molecule has 0 saturated carbocycles. The molecule has 0 aromatic carbocycles. The number of esters is 3. The minimum atomic E-state index is -0.780. The highest BCUT2D eigenvalue weighted by atomic mass is 16.6. The normalized spacial score (nSPS) is 12.6. The molecule has 0 saturated heterocycles. The molecular weight excluding hydrogens is 985 g/mol. The van der Waals surface area contributed by atoms with Gasteiger partial charge in [-0.15, -0.1) is 0 Å². The molecule has 1 unspecified atom stereocenters. The number of carbonyl (C=O) groups excluding carboxylic acids is 3. The zero-order chi connectivity index (χ0) is 57.8.